The Hall–Kier alpha value is -1.13. The molecule has 1 aliphatic heterocycles. The second-order valence-corrected chi connectivity index (χ2v) is 7.06. The molecule has 5 heteroatoms. The van der Waals surface area contributed by atoms with Crippen LogP contribution >= 0.6 is 23.2 Å². The van der Waals surface area contributed by atoms with Crippen LogP contribution < -0.4 is 0 Å². The number of hydrogen-bond acceptors (Lipinski definition) is 3. The number of likely N-dealkylation sites (tertiary alicyclic amines) is 1. The van der Waals surface area contributed by atoms with Crippen molar-refractivity contribution in [2.45, 2.75) is 24.4 Å². The quantitative estimate of drug-likeness (QED) is 0.905. The average molecular weight is 351 g/mol. The monoisotopic (exact) mass is 350 g/mol. The highest BCUT2D eigenvalue weighted by Gasteiger charge is 2.43. The van der Waals surface area contributed by atoms with Crippen molar-refractivity contribution >= 4 is 23.2 Å². The lowest BCUT2D eigenvalue weighted by Crippen LogP contribution is -2.45. The summed E-state index contributed by atoms with van der Waals surface area (Å²) >= 11 is 12.3. The molecule has 2 aromatic rings. The second kappa shape index (κ2) is 6.78. The molecular weight excluding hydrogens is 331 g/mol. The summed E-state index contributed by atoms with van der Waals surface area (Å²) in [5.41, 5.74) is 1.33. The Kier molecular flexibility index (Phi) is 4.93. The summed E-state index contributed by atoms with van der Waals surface area (Å²) in [7, 11) is 2.10. The number of aliphatic hydroxyl groups excluding tert-OH is 1. The predicted molar refractivity (Wildman–Crippen MR) is 94.1 cm³/mol. The highest BCUT2D eigenvalue weighted by molar-refractivity contribution is 6.42. The molecule has 0 bridgehead atoms. The van der Waals surface area contributed by atoms with E-state index in [2.05, 4.69) is 16.9 Å². The highest BCUT2D eigenvalue weighted by Crippen LogP contribution is 2.46. The third-order valence-corrected chi connectivity index (χ3v) is 5.60. The SMILES string of the molecule is CN1CCC(c2ccc(Cl)c(Cl)c2)(C(O)c2ccccn2)CC1. The van der Waals surface area contributed by atoms with E-state index in [0.29, 0.717) is 15.7 Å². The van der Waals surface area contributed by atoms with Gasteiger partial charge in [-0.05, 0) is 62.8 Å². The van der Waals surface area contributed by atoms with E-state index in [1.807, 2.05) is 36.4 Å². The van der Waals surface area contributed by atoms with Crippen molar-refractivity contribution in [3.8, 4) is 0 Å². The molecule has 122 valence electrons. The fourth-order valence-corrected chi connectivity index (χ4v) is 3.66. The molecule has 1 atom stereocenters. The summed E-state index contributed by atoms with van der Waals surface area (Å²) in [5, 5.41) is 12.2. The third kappa shape index (κ3) is 3.24. The van der Waals surface area contributed by atoms with E-state index in [-0.39, 0.29) is 0 Å². The van der Waals surface area contributed by atoms with Gasteiger partial charge >= 0.3 is 0 Å². The van der Waals surface area contributed by atoms with Crippen LogP contribution in [0, 0.1) is 0 Å². The van der Waals surface area contributed by atoms with Crippen LogP contribution in [0.3, 0.4) is 0 Å². The number of halogens is 2. The molecule has 0 amide bonds. The van der Waals surface area contributed by atoms with Crippen LogP contribution in [0.4, 0.5) is 0 Å². The van der Waals surface area contributed by atoms with Gasteiger partial charge in [-0.3, -0.25) is 4.98 Å². The Morgan fingerprint density at radius 2 is 1.87 bits per heavy atom. The molecule has 1 aromatic carbocycles. The van der Waals surface area contributed by atoms with Gasteiger partial charge in [-0.1, -0.05) is 35.3 Å². The van der Waals surface area contributed by atoms with Crippen LogP contribution in [0.25, 0.3) is 0 Å². The van der Waals surface area contributed by atoms with Crippen molar-refractivity contribution in [1.29, 1.82) is 0 Å². The fourth-order valence-electron chi connectivity index (χ4n) is 3.36. The van der Waals surface area contributed by atoms with Gasteiger partial charge in [0.1, 0.15) is 6.10 Å². The normalized spacial score (nSPS) is 19.5. The lowest BCUT2D eigenvalue weighted by Gasteiger charge is -2.44. The van der Waals surface area contributed by atoms with E-state index < -0.39 is 11.5 Å². The van der Waals surface area contributed by atoms with Gasteiger partial charge in [0.05, 0.1) is 15.7 Å². The summed E-state index contributed by atoms with van der Waals surface area (Å²) in [5.74, 6) is 0. The van der Waals surface area contributed by atoms with E-state index >= 15 is 0 Å². The summed E-state index contributed by atoms with van der Waals surface area (Å²) in [6.45, 7) is 1.84. The Morgan fingerprint density at radius 1 is 1.13 bits per heavy atom. The first-order chi connectivity index (χ1) is 11.0. The molecule has 0 saturated carbocycles. The third-order valence-electron chi connectivity index (χ3n) is 4.87. The lowest BCUT2D eigenvalue weighted by atomic mass is 9.68. The van der Waals surface area contributed by atoms with Crippen molar-refractivity contribution < 1.29 is 5.11 Å². The Bertz CT molecular complexity index is 670. The van der Waals surface area contributed by atoms with Crippen LogP contribution in [0.15, 0.2) is 42.6 Å². The molecule has 1 unspecified atom stereocenters. The van der Waals surface area contributed by atoms with Gasteiger partial charge < -0.3 is 10.0 Å². The molecule has 1 aliphatic rings. The lowest BCUT2D eigenvalue weighted by molar-refractivity contribution is 0.0320. The molecule has 3 rings (SSSR count). The first kappa shape index (κ1) is 16.7. The number of pyridine rings is 1. The van der Waals surface area contributed by atoms with E-state index in [9.17, 15) is 5.11 Å². The van der Waals surface area contributed by atoms with Crippen LogP contribution in [0.2, 0.25) is 10.0 Å². The van der Waals surface area contributed by atoms with E-state index in [1.165, 1.54) is 0 Å². The Balaban J connectivity index is 2.05. The second-order valence-electron chi connectivity index (χ2n) is 6.25. The maximum atomic E-state index is 11.1. The van der Waals surface area contributed by atoms with Crippen LogP contribution in [-0.2, 0) is 5.41 Å². The number of piperidine rings is 1. The Labute approximate surface area is 146 Å². The minimum atomic E-state index is -0.672. The van der Waals surface area contributed by atoms with Gasteiger partial charge in [-0.15, -0.1) is 0 Å². The van der Waals surface area contributed by atoms with Crippen molar-refractivity contribution in [1.82, 2.24) is 9.88 Å². The maximum Gasteiger partial charge on any atom is 0.106 e. The molecule has 2 heterocycles. The molecule has 1 saturated heterocycles. The van der Waals surface area contributed by atoms with Crippen molar-refractivity contribution in [3.05, 3.63) is 63.9 Å². The molecule has 1 N–H and O–H groups in total. The number of aliphatic hydroxyl groups is 1. The molecule has 3 nitrogen and oxygen atoms in total. The molecule has 1 fully saturated rings. The van der Waals surface area contributed by atoms with Crippen molar-refractivity contribution in [2.75, 3.05) is 20.1 Å². The highest BCUT2D eigenvalue weighted by atomic mass is 35.5. The largest absolute Gasteiger partial charge is 0.386 e. The van der Waals surface area contributed by atoms with Gasteiger partial charge in [0.15, 0.2) is 0 Å². The predicted octanol–water partition coefficient (Wildman–Crippen LogP) is 4.09. The molecule has 0 spiro atoms. The van der Waals surface area contributed by atoms with E-state index in [4.69, 9.17) is 23.2 Å². The Morgan fingerprint density at radius 3 is 2.48 bits per heavy atom. The first-order valence-corrected chi connectivity index (χ1v) is 8.51. The standard InChI is InChI=1S/C18H20Cl2N2O/c1-22-10-7-18(8-11-22,13-5-6-14(19)15(20)12-13)17(23)16-4-2-3-9-21-16/h2-6,9,12,17,23H,7-8,10-11H2,1H3. The number of hydrogen-bond donors (Lipinski definition) is 1. The number of nitrogens with zero attached hydrogens (tertiary/aromatic N) is 2. The van der Waals surface area contributed by atoms with Gasteiger partial charge in [0, 0.05) is 11.6 Å². The smallest absolute Gasteiger partial charge is 0.106 e. The zero-order chi connectivity index (χ0) is 16.4. The zero-order valence-electron chi connectivity index (χ0n) is 13.0. The first-order valence-electron chi connectivity index (χ1n) is 7.76. The average Bonchev–Trinajstić information content (AvgIpc) is 2.58. The molecule has 23 heavy (non-hydrogen) atoms. The fraction of sp³-hybridized carbons (Fsp3) is 0.389. The summed E-state index contributed by atoms with van der Waals surface area (Å²) in [6, 6.07) is 11.3. The molecule has 0 radical (unpaired) electrons. The van der Waals surface area contributed by atoms with Crippen molar-refractivity contribution in [2.24, 2.45) is 0 Å². The van der Waals surface area contributed by atoms with E-state index in [1.54, 1.807) is 6.20 Å². The van der Waals surface area contributed by atoms with Crippen molar-refractivity contribution in [3.63, 3.8) is 0 Å². The summed E-state index contributed by atoms with van der Waals surface area (Å²) in [6.07, 6.45) is 2.74. The number of benzene rings is 1. The maximum absolute atomic E-state index is 11.1. The van der Waals surface area contributed by atoms with Crippen LogP contribution in [-0.4, -0.2) is 35.1 Å². The topological polar surface area (TPSA) is 36.4 Å². The van der Waals surface area contributed by atoms with E-state index in [0.717, 1.165) is 31.5 Å². The molecule has 0 aliphatic carbocycles. The van der Waals surface area contributed by atoms with Crippen LogP contribution in [0.1, 0.15) is 30.2 Å². The minimum Gasteiger partial charge on any atom is -0.386 e. The van der Waals surface area contributed by atoms with Crippen LogP contribution in [0.5, 0.6) is 0 Å². The minimum absolute atomic E-state index is 0.394. The van der Waals surface area contributed by atoms with Gasteiger partial charge in [0.2, 0.25) is 0 Å². The molecule has 1 aromatic heterocycles. The van der Waals surface area contributed by atoms with Gasteiger partial charge in [0.25, 0.3) is 0 Å². The van der Waals surface area contributed by atoms with Gasteiger partial charge in [-0.2, -0.15) is 0 Å². The van der Waals surface area contributed by atoms with Gasteiger partial charge in [-0.25, -0.2) is 0 Å². The zero-order valence-corrected chi connectivity index (χ0v) is 14.6. The number of aromatic nitrogens is 1. The number of rotatable bonds is 3. The summed E-state index contributed by atoms with van der Waals surface area (Å²) < 4.78 is 0. The molecular formula is C18H20Cl2N2O. The summed E-state index contributed by atoms with van der Waals surface area (Å²) in [4.78, 5) is 6.64.